The van der Waals surface area contributed by atoms with Gasteiger partial charge in [-0.15, -0.1) is 0 Å². The number of halogens is 6. The molecule has 0 spiro atoms. The van der Waals surface area contributed by atoms with Crippen LogP contribution in [-0.2, 0) is 17.1 Å². The van der Waals surface area contributed by atoms with Gasteiger partial charge >= 0.3 is 12.4 Å². The maximum absolute atomic E-state index is 13.0. The predicted molar refractivity (Wildman–Crippen MR) is 143 cm³/mol. The maximum atomic E-state index is 13.0. The summed E-state index contributed by atoms with van der Waals surface area (Å²) >= 11 is 0. The van der Waals surface area contributed by atoms with E-state index in [9.17, 15) is 31.1 Å². The summed E-state index contributed by atoms with van der Waals surface area (Å²) in [5.74, 6) is 0. The molecule has 218 valence electrons. The minimum atomic E-state index is -4.61. The van der Waals surface area contributed by atoms with Crippen LogP contribution in [0.25, 0.3) is 0 Å². The molecule has 0 amide bonds. The van der Waals surface area contributed by atoms with Gasteiger partial charge in [-0.25, -0.2) is 0 Å². The highest BCUT2D eigenvalue weighted by Gasteiger charge is 2.36. The Morgan fingerprint density at radius 2 is 1.10 bits per heavy atom. The summed E-state index contributed by atoms with van der Waals surface area (Å²) in [5, 5.41) is 17.6. The van der Waals surface area contributed by atoms with Crippen molar-refractivity contribution in [1.29, 1.82) is 10.5 Å². The minimum Gasteiger partial charge on any atom is -0.367 e. The summed E-state index contributed by atoms with van der Waals surface area (Å²) in [6.07, 6.45) is -7.65. The molecule has 0 atom stereocenters. The third-order valence-corrected chi connectivity index (χ3v) is 5.81. The van der Waals surface area contributed by atoms with E-state index in [2.05, 4.69) is 0 Å². The minimum absolute atomic E-state index is 0.0211. The molecule has 0 saturated heterocycles. The molecule has 0 saturated carbocycles. The van der Waals surface area contributed by atoms with E-state index in [1.54, 1.807) is 37.8 Å². The second-order valence-corrected chi connectivity index (χ2v) is 10.9. The molecular formula is C29H34F6N4O. The number of nitrogens with zero attached hydrogens (tertiary/aromatic N) is 4. The van der Waals surface area contributed by atoms with Gasteiger partial charge in [0, 0.05) is 29.0 Å². The zero-order chi connectivity index (χ0) is 31.1. The molecule has 0 unspecified atom stereocenters. The lowest BCUT2D eigenvalue weighted by atomic mass is 10.0. The first kappa shape index (κ1) is 34.3. The molecular weight excluding hydrogens is 534 g/mol. The van der Waals surface area contributed by atoms with E-state index in [-0.39, 0.29) is 23.3 Å². The molecule has 0 aliphatic carbocycles. The van der Waals surface area contributed by atoms with E-state index < -0.39 is 34.6 Å². The number of benzene rings is 2. The van der Waals surface area contributed by atoms with Crippen LogP contribution in [0.5, 0.6) is 0 Å². The lowest BCUT2D eigenvalue weighted by molar-refractivity contribution is -0.138. The molecule has 0 N–H and O–H groups in total. The van der Waals surface area contributed by atoms with Crippen molar-refractivity contribution in [2.24, 2.45) is 0 Å². The van der Waals surface area contributed by atoms with Gasteiger partial charge in [0.1, 0.15) is 6.29 Å². The lowest BCUT2D eigenvalue weighted by Crippen LogP contribution is -2.42. The van der Waals surface area contributed by atoms with Gasteiger partial charge in [0.2, 0.25) is 0 Å². The number of nitriles is 2. The third kappa shape index (κ3) is 9.18. The topological polar surface area (TPSA) is 71.1 Å². The maximum Gasteiger partial charge on any atom is 0.417 e. The molecule has 0 bridgehead atoms. The molecule has 40 heavy (non-hydrogen) atoms. The Bertz CT molecular complexity index is 1240. The van der Waals surface area contributed by atoms with Crippen molar-refractivity contribution >= 4 is 17.7 Å². The summed E-state index contributed by atoms with van der Waals surface area (Å²) in [5.41, 5.74) is -2.68. The first-order valence-electron chi connectivity index (χ1n) is 12.4. The number of rotatable bonds is 6. The van der Waals surface area contributed by atoms with Crippen LogP contribution in [-0.4, -0.2) is 30.5 Å². The second kappa shape index (κ2) is 13.1. The van der Waals surface area contributed by atoms with E-state index in [1.165, 1.54) is 18.2 Å². The van der Waals surface area contributed by atoms with Crippen LogP contribution in [0.4, 0.5) is 37.7 Å². The highest BCUT2D eigenvalue weighted by Crippen LogP contribution is 2.37. The van der Waals surface area contributed by atoms with Gasteiger partial charge in [0.15, 0.2) is 0 Å². The highest BCUT2D eigenvalue weighted by atomic mass is 19.4. The Morgan fingerprint density at radius 1 is 0.725 bits per heavy atom. The van der Waals surface area contributed by atoms with Crippen molar-refractivity contribution in [3.8, 4) is 12.1 Å². The Balaban J connectivity index is 0.000000400. The highest BCUT2D eigenvalue weighted by molar-refractivity contribution is 5.64. The molecule has 0 radical (unpaired) electrons. The molecule has 2 aromatic rings. The third-order valence-electron chi connectivity index (χ3n) is 5.81. The Hall–Kier alpha value is -3.73. The number of anilines is 2. The summed E-state index contributed by atoms with van der Waals surface area (Å²) in [7, 11) is 0. The molecule has 2 rings (SSSR count). The van der Waals surface area contributed by atoms with Crippen molar-refractivity contribution in [2.75, 3.05) is 22.9 Å². The van der Waals surface area contributed by atoms with Gasteiger partial charge in [0.25, 0.3) is 0 Å². The number of alkyl halides is 6. The first-order chi connectivity index (χ1) is 18.2. The summed E-state index contributed by atoms with van der Waals surface area (Å²) in [4.78, 5) is 14.2. The Labute approximate surface area is 231 Å². The van der Waals surface area contributed by atoms with E-state index in [0.29, 0.717) is 18.5 Å². The van der Waals surface area contributed by atoms with Gasteiger partial charge in [0.05, 0.1) is 40.9 Å². The van der Waals surface area contributed by atoms with Crippen molar-refractivity contribution in [2.45, 2.75) is 78.3 Å². The number of carbonyl (C=O) groups excluding carboxylic acids is 1. The van der Waals surface area contributed by atoms with Gasteiger partial charge in [-0.1, -0.05) is 6.92 Å². The molecule has 0 aliphatic rings. The van der Waals surface area contributed by atoms with Crippen LogP contribution in [0, 0.1) is 22.7 Å². The van der Waals surface area contributed by atoms with Crippen LogP contribution in [0.3, 0.4) is 0 Å². The quantitative estimate of drug-likeness (QED) is 0.261. The fraction of sp³-hybridized carbons (Fsp3) is 0.483. The predicted octanol–water partition coefficient (Wildman–Crippen LogP) is 7.97. The van der Waals surface area contributed by atoms with E-state index in [4.69, 9.17) is 10.5 Å². The number of aldehydes is 1. The smallest absolute Gasteiger partial charge is 0.367 e. The first-order valence-corrected chi connectivity index (χ1v) is 12.4. The summed E-state index contributed by atoms with van der Waals surface area (Å²) < 4.78 is 77.7. The number of carbonyl (C=O) groups is 1. The van der Waals surface area contributed by atoms with E-state index in [0.717, 1.165) is 24.6 Å². The molecule has 2 aromatic carbocycles. The van der Waals surface area contributed by atoms with Crippen LogP contribution >= 0.6 is 0 Å². The van der Waals surface area contributed by atoms with E-state index >= 15 is 0 Å². The lowest BCUT2D eigenvalue weighted by Gasteiger charge is -2.38. The molecule has 0 fully saturated rings. The monoisotopic (exact) mass is 568 g/mol. The van der Waals surface area contributed by atoms with Crippen LogP contribution in [0.2, 0.25) is 0 Å². The average molecular weight is 569 g/mol. The molecule has 0 aliphatic heterocycles. The Kier molecular flexibility index (Phi) is 11.2. The van der Waals surface area contributed by atoms with Gasteiger partial charge in [-0.2, -0.15) is 36.9 Å². The summed E-state index contributed by atoms with van der Waals surface area (Å²) in [6, 6.07) is 10.5. The van der Waals surface area contributed by atoms with Crippen LogP contribution in [0.1, 0.15) is 77.1 Å². The normalized spacial score (nSPS) is 12.0. The molecule has 11 heteroatoms. The van der Waals surface area contributed by atoms with Gasteiger partial charge in [-0.05, 0) is 84.4 Å². The molecule has 0 aromatic heterocycles. The number of hydrogen-bond donors (Lipinski definition) is 0. The summed E-state index contributed by atoms with van der Waals surface area (Å²) in [6.45, 7) is 13.9. The zero-order valence-corrected chi connectivity index (χ0v) is 23.6. The fourth-order valence-corrected chi connectivity index (χ4v) is 3.98. The van der Waals surface area contributed by atoms with Crippen LogP contribution in [0.15, 0.2) is 36.4 Å². The molecule has 0 heterocycles. The average Bonchev–Trinajstić information content (AvgIpc) is 2.83. The zero-order valence-electron chi connectivity index (χ0n) is 23.6. The second-order valence-electron chi connectivity index (χ2n) is 10.9. The molecule has 5 nitrogen and oxygen atoms in total. The SMILES string of the molecule is CC(C)(C)N(CC=O)c1ccc(C#N)c(C(F)(F)F)c1.CCCN(c1ccc(C#N)c(C(F)(F)F)c1)C(C)(C)C. The standard InChI is InChI=1S/C15H19F3N2.C14H15F3N2O/c1-5-8-20(14(2,3)4)12-7-6-11(10-19)13(9-12)15(16,17)18;1-13(2,3)19(6-7-20)11-5-4-10(9-18)12(8-11)14(15,16)17/h6-7,9H,5,8H2,1-4H3;4-5,7-8H,6H2,1-3H3. The van der Waals surface area contributed by atoms with Crippen molar-refractivity contribution in [3.63, 3.8) is 0 Å². The largest absolute Gasteiger partial charge is 0.417 e. The van der Waals surface area contributed by atoms with E-state index in [1.807, 2.05) is 32.6 Å². The van der Waals surface area contributed by atoms with Crippen LogP contribution < -0.4 is 9.80 Å². The van der Waals surface area contributed by atoms with Crippen molar-refractivity contribution in [1.82, 2.24) is 0 Å². The van der Waals surface area contributed by atoms with Gasteiger partial charge in [-0.3, -0.25) is 0 Å². The fourth-order valence-electron chi connectivity index (χ4n) is 3.98. The van der Waals surface area contributed by atoms with Gasteiger partial charge < -0.3 is 14.6 Å². The van der Waals surface area contributed by atoms with Crippen molar-refractivity contribution < 1.29 is 31.1 Å². The Morgan fingerprint density at radius 3 is 1.38 bits per heavy atom. The van der Waals surface area contributed by atoms with Crippen molar-refractivity contribution in [3.05, 3.63) is 58.7 Å². The number of hydrogen-bond acceptors (Lipinski definition) is 5.